The summed E-state index contributed by atoms with van der Waals surface area (Å²) in [6, 6.07) is 8.16. The molecule has 1 aromatic heterocycles. The molecular formula is C12H13ClN2S. The van der Waals surface area contributed by atoms with Gasteiger partial charge in [0, 0.05) is 10.4 Å². The van der Waals surface area contributed by atoms with Gasteiger partial charge in [0.2, 0.25) is 0 Å². The van der Waals surface area contributed by atoms with E-state index in [1.54, 1.807) is 11.3 Å². The maximum absolute atomic E-state index is 6.14. The fourth-order valence-electron chi connectivity index (χ4n) is 1.63. The number of benzene rings is 1. The molecule has 0 aliphatic rings. The minimum atomic E-state index is 0.228. The Morgan fingerprint density at radius 3 is 2.88 bits per heavy atom. The smallest absolute Gasteiger partial charge is 0.0795 e. The van der Waals surface area contributed by atoms with Crippen molar-refractivity contribution in [3.8, 4) is 0 Å². The monoisotopic (exact) mass is 252 g/mol. The van der Waals surface area contributed by atoms with Gasteiger partial charge >= 0.3 is 0 Å². The Morgan fingerprint density at radius 1 is 1.44 bits per heavy atom. The van der Waals surface area contributed by atoms with E-state index >= 15 is 0 Å². The van der Waals surface area contributed by atoms with Crippen LogP contribution in [0.1, 0.15) is 17.3 Å². The van der Waals surface area contributed by atoms with Crippen molar-refractivity contribution in [1.82, 2.24) is 10.3 Å². The van der Waals surface area contributed by atoms with Crippen molar-refractivity contribution < 1.29 is 0 Å². The predicted molar refractivity (Wildman–Crippen MR) is 69.1 cm³/mol. The van der Waals surface area contributed by atoms with E-state index in [0.717, 1.165) is 22.7 Å². The van der Waals surface area contributed by atoms with E-state index < -0.39 is 0 Å². The molecule has 0 amide bonds. The van der Waals surface area contributed by atoms with Gasteiger partial charge in [0.25, 0.3) is 0 Å². The number of thiazole rings is 1. The van der Waals surface area contributed by atoms with Crippen molar-refractivity contribution >= 4 is 22.9 Å². The van der Waals surface area contributed by atoms with E-state index in [4.69, 9.17) is 11.6 Å². The van der Waals surface area contributed by atoms with Crippen molar-refractivity contribution in [3.05, 3.63) is 51.4 Å². The van der Waals surface area contributed by atoms with Gasteiger partial charge in [-0.05, 0) is 25.1 Å². The zero-order valence-corrected chi connectivity index (χ0v) is 10.6. The third-order valence-electron chi connectivity index (χ3n) is 2.54. The predicted octanol–water partition coefficient (Wildman–Crippen LogP) is 3.30. The first kappa shape index (κ1) is 11.6. The maximum Gasteiger partial charge on any atom is 0.0795 e. The topological polar surface area (TPSA) is 24.9 Å². The number of nitrogens with one attached hydrogen (secondary N) is 1. The summed E-state index contributed by atoms with van der Waals surface area (Å²) >= 11 is 7.76. The summed E-state index contributed by atoms with van der Waals surface area (Å²) in [6.07, 6.45) is 0.861. The molecule has 1 unspecified atom stereocenters. The van der Waals surface area contributed by atoms with Crippen LogP contribution in [0.5, 0.6) is 0 Å². The lowest BCUT2D eigenvalue weighted by Crippen LogP contribution is -2.19. The molecule has 0 spiro atoms. The number of likely N-dealkylation sites (N-methyl/N-ethyl adjacent to an activating group) is 1. The number of halogens is 1. The van der Waals surface area contributed by atoms with Gasteiger partial charge in [0.1, 0.15) is 0 Å². The molecule has 1 heterocycles. The molecule has 0 aliphatic heterocycles. The highest BCUT2D eigenvalue weighted by Crippen LogP contribution is 2.22. The fourth-order valence-corrected chi connectivity index (χ4v) is 2.45. The highest BCUT2D eigenvalue weighted by Gasteiger charge is 2.13. The van der Waals surface area contributed by atoms with Crippen LogP contribution in [0.25, 0.3) is 0 Å². The van der Waals surface area contributed by atoms with E-state index in [1.807, 2.05) is 30.8 Å². The number of hydrogen-bond donors (Lipinski definition) is 1. The first-order valence-corrected chi connectivity index (χ1v) is 6.42. The zero-order chi connectivity index (χ0) is 11.4. The van der Waals surface area contributed by atoms with Crippen LogP contribution in [0.15, 0.2) is 35.2 Å². The van der Waals surface area contributed by atoms with Crippen LogP contribution >= 0.6 is 22.9 Å². The SMILES string of the molecule is CNC(Cc1ccccc1Cl)c1cscn1. The minimum Gasteiger partial charge on any atom is -0.311 e. The molecule has 4 heteroatoms. The van der Waals surface area contributed by atoms with E-state index in [9.17, 15) is 0 Å². The number of rotatable bonds is 4. The van der Waals surface area contributed by atoms with Crippen LogP contribution in [-0.4, -0.2) is 12.0 Å². The third kappa shape index (κ3) is 2.61. The van der Waals surface area contributed by atoms with E-state index in [-0.39, 0.29) is 6.04 Å². The van der Waals surface area contributed by atoms with Gasteiger partial charge in [0.15, 0.2) is 0 Å². The highest BCUT2D eigenvalue weighted by molar-refractivity contribution is 7.07. The largest absolute Gasteiger partial charge is 0.311 e. The minimum absolute atomic E-state index is 0.228. The summed E-state index contributed by atoms with van der Waals surface area (Å²) in [6.45, 7) is 0. The van der Waals surface area contributed by atoms with Crippen molar-refractivity contribution in [1.29, 1.82) is 0 Å². The van der Waals surface area contributed by atoms with Gasteiger partial charge in [0.05, 0.1) is 17.2 Å². The molecule has 0 aliphatic carbocycles. The molecular weight excluding hydrogens is 240 g/mol. The molecule has 16 heavy (non-hydrogen) atoms. The van der Waals surface area contributed by atoms with E-state index in [1.165, 1.54) is 0 Å². The lowest BCUT2D eigenvalue weighted by Gasteiger charge is -2.14. The Bertz CT molecular complexity index is 442. The lowest BCUT2D eigenvalue weighted by atomic mass is 10.0. The highest BCUT2D eigenvalue weighted by atomic mass is 35.5. The second kappa shape index (κ2) is 5.43. The summed E-state index contributed by atoms with van der Waals surface area (Å²) in [7, 11) is 1.95. The van der Waals surface area contributed by atoms with Gasteiger partial charge in [-0.2, -0.15) is 0 Å². The van der Waals surface area contributed by atoms with Gasteiger partial charge < -0.3 is 5.32 Å². The second-order valence-electron chi connectivity index (χ2n) is 3.55. The molecule has 2 nitrogen and oxygen atoms in total. The van der Waals surface area contributed by atoms with Crippen LogP contribution in [0.4, 0.5) is 0 Å². The van der Waals surface area contributed by atoms with Crippen LogP contribution in [0.3, 0.4) is 0 Å². The average Bonchev–Trinajstić information content (AvgIpc) is 2.81. The number of hydrogen-bond acceptors (Lipinski definition) is 3. The number of nitrogens with zero attached hydrogens (tertiary/aromatic N) is 1. The number of aromatic nitrogens is 1. The molecule has 0 radical (unpaired) electrons. The standard InChI is InChI=1S/C12H13ClN2S/c1-14-11(12-7-16-8-15-12)6-9-4-2-3-5-10(9)13/h2-5,7-8,11,14H,6H2,1H3. The average molecular weight is 253 g/mol. The molecule has 0 saturated heterocycles. The van der Waals surface area contributed by atoms with Gasteiger partial charge in [-0.25, -0.2) is 4.98 Å². The molecule has 0 bridgehead atoms. The van der Waals surface area contributed by atoms with Crippen molar-refractivity contribution in [2.75, 3.05) is 7.05 Å². The summed E-state index contributed by atoms with van der Waals surface area (Å²) in [5.74, 6) is 0. The molecule has 2 rings (SSSR count). The Labute approximate surface area is 104 Å². The van der Waals surface area contributed by atoms with Crippen LogP contribution in [0, 0.1) is 0 Å². The Balaban J connectivity index is 2.17. The van der Waals surface area contributed by atoms with Crippen molar-refractivity contribution in [2.24, 2.45) is 0 Å². The molecule has 1 atom stereocenters. The Kier molecular flexibility index (Phi) is 3.93. The zero-order valence-electron chi connectivity index (χ0n) is 8.98. The van der Waals surface area contributed by atoms with Crippen molar-refractivity contribution in [3.63, 3.8) is 0 Å². The first-order valence-electron chi connectivity index (χ1n) is 5.10. The first-order chi connectivity index (χ1) is 7.81. The molecule has 0 saturated carbocycles. The van der Waals surface area contributed by atoms with Crippen LogP contribution in [-0.2, 0) is 6.42 Å². The third-order valence-corrected chi connectivity index (χ3v) is 3.51. The Hall–Kier alpha value is -0.900. The molecule has 84 valence electrons. The molecule has 1 N–H and O–H groups in total. The summed E-state index contributed by atoms with van der Waals surface area (Å²) < 4.78 is 0. The quantitative estimate of drug-likeness (QED) is 0.903. The second-order valence-corrected chi connectivity index (χ2v) is 4.68. The summed E-state index contributed by atoms with van der Waals surface area (Å²) in [5.41, 5.74) is 4.08. The molecule has 1 aromatic carbocycles. The van der Waals surface area contributed by atoms with E-state index in [0.29, 0.717) is 0 Å². The normalized spacial score (nSPS) is 12.6. The molecule has 2 aromatic rings. The molecule has 0 fully saturated rings. The van der Waals surface area contributed by atoms with Crippen LogP contribution < -0.4 is 5.32 Å². The maximum atomic E-state index is 6.14. The van der Waals surface area contributed by atoms with Gasteiger partial charge in [-0.1, -0.05) is 29.8 Å². The van der Waals surface area contributed by atoms with Gasteiger partial charge in [-0.15, -0.1) is 11.3 Å². The fraction of sp³-hybridized carbons (Fsp3) is 0.250. The lowest BCUT2D eigenvalue weighted by molar-refractivity contribution is 0.579. The summed E-state index contributed by atoms with van der Waals surface area (Å²) in [5, 5.41) is 6.15. The van der Waals surface area contributed by atoms with Crippen LogP contribution in [0.2, 0.25) is 5.02 Å². The Morgan fingerprint density at radius 2 is 2.25 bits per heavy atom. The van der Waals surface area contributed by atoms with E-state index in [2.05, 4.69) is 21.7 Å². The van der Waals surface area contributed by atoms with Gasteiger partial charge in [-0.3, -0.25) is 0 Å². The summed E-state index contributed by atoms with van der Waals surface area (Å²) in [4.78, 5) is 4.33. The van der Waals surface area contributed by atoms with Crippen molar-refractivity contribution in [2.45, 2.75) is 12.5 Å².